The highest BCUT2D eigenvalue weighted by atomic mass is 35.5. The Labute approximate surface area is 163 Å². The molecule has 0 unspecified atom stereocenters. The van der Waals surface area contributed by atoms with Gasteiger partial charge < -0.3 is 4.90 Å². The van der Waals surface area contributed by atoms with Crippen LogP contribution in [0.5, 0.6) is 0 Å². The molecule has 3 aromatic rings. The van der Waals surface area contributed by atoms with E-state index in [1.165, 1.54) is 5.56 Å². The van der Waals surface area contributed by atoms with Gasteiger partial charge in [0.2, 0.25) is 0 Å². The number of para-hydroxylation sites is 1. The number of hydrogen-bond acceptors (Lipinski definition) is 3. The summed E-state index contributed by atoms with van der Waals surface area (Å²) in [5, 5.41) is 5.10. The van der Waals surface area contributed by atoms with Crippen LogP contribution in [0.3, 0.4) is 0 Å². The highest BCUT2D eigenvalue weighted by Gasteiger charge is 2.22. The maximum Gasteiger partial charge on any atom is 0.253 e. The van der Waals surface area contributed by atoms with Gasteiger partial charge in [-0.3, -0.25) is 9.69 Å². The van der Waals surface area contributed by atoms with Crippen molar-refractivity contribution in [1.82, 2.24) is 19.6 Å². The van der Waals surface area contributed by atoms with Gasteiger partial charge >= 0.3 is 0 Å². The first-order chi connectivity index (χ1) is 13.2. The SMILES string of the molecule is O=C(c1ccc(Cl)cc1)N1CCN(Cc2cnn(-c3ccccc3)c2)CC1. The molecular weight excluding hydrogens is 360 g/mol. The third-order valence-electron chi connectivity index (χ3n) is 4.81. The van der Waals surface area contributed by atoms with Crippen LogP contribution in [0.15, 0.2) is 67.0 Å². The summed E-state index contributed by atoms with van der Waals surface area (Å²) in [6.45, 7) is 4.02. The normalized spacial score (nSPS) is 15.1. The molecule has 2 heterocycles. The van der Waals surface area contributed by atoms with Crippen molar-refractivity contribution in [3.63, 3.8) is 0 Å². The van der Waals surface area contributed by atoms with Crippen molar-refractivity contribution >= 4 is 17.5 Å². The van der Waals surface area contributed by atoms with Crippen molar-refractivity contribution in [3.8, 4) is 5.69 Å². The van der Waals surface area contributed by atoms with Crippen LogP contribution in [-0.2, 0) is 6.54 Å². The lowest BCUT2D eigenvalue weighted by Gasteiger charge is -2.34. The van der Waals surface area contributed by atoms with Gasteiger partial charge in [-0.05, 0) is 36.4 Å². The molecule has 0 N–H and O–H groups in total. The average Bonchev–Trinajstić information content (AvgIpc) is 3.18. The number of carbonyl (C=O) groups is 1. The van der Waals surface area contributed by atoms with E-state index in [0.29, 0.717) is 10.6 Å². The molecule has 1 aromatic heterocycles. The highest BCUT2D eigenvalue weighted by molar-refractivity contribution is 6.30. The first-order valence-electron chi connectivity index (χ1n) is 9.05. The summed E-state index contributed by atoms with van der Waals surface area (Å²) in [7, 11) is 0. The second kappa shape index (κ2) is 7.94. The Morgan fingerprint density at radius 3 is 2.37 bits per heavy atom. The highest BCUT2D eigenvalue weighted by Crippen LogP contribution is 2.15. The van der Waals surface area contributed by atoms with E-state index in [9.17, 15) is 4.79 Å². The number of nitrogens with zero attached hydrogens (tertiary/aromatic N) is 4. The number of carbonyl (C=O) groups excluding carboxylic acids is 1. The number of benzene rings is 2. The molecule has 1 aliphatic rings. The molecular formula is C21H21ClN4O. The maximum atomic E-state index is 12.6. The van der Waals surface area contributed by atoms with Gasteiger partial charge in [-0.15, -0.1) is 0 Å². The van der Waals surface area contributed by atoms with E-state index in [4.69, 9.17) is 11.6 Å². The van der Waals surface area contributed by atoms with Crippen LogP contribution in [0.2, 0.25) is 5.02 Å². The summed E-state index contributed by atoms with van der Waals surface area (Å²) in [5.41, 5.74) is 2.93. The summed E-state index contributed by atoms with van der Waals surface area (Å²) in [6, 6.07) is 17.2. The fourth-order valence-electron chi connectivity index (χ4n) is 3.31. The van der Waals surface area contributed by atoms with E-state index < -0.39 is 0 Å². The first kappa shape index (κ1) is 17.8. The van der Waals surface area contributed by atoms with Crippen molar-refractivity contribution in [1.29, 1.82) is 0 Å². The second-order valence-electron chi connectivity index (χ2n) is 6.70. The van der Waals surface area contributed by atoms with Gasteiger partial charge in [0.15, 0.2) is 0 Å². The Morgan fingerprint density at radius 2 is 1.67 bits per heavy atom. The molecule has 1 fully saturated rings. The number of hydrogen-bond donors (Lipinski definition) is 0. The fourth-order valence-corrected chi connectivity index (χ4v) is 3.43. The standard InChI is InChI=1S/C21H21ClN4O/c22-19-8-6-18(7-9-19)21(27)25-12-10-24(11-13-25)15-17-14-23-26(16-17)20-4-2-1-3-5-20/h1-9,14,16H,10-13,15H2. The number of halogens is 1. The minimum Gasteiger partial charge on any atom is -0.336 e. The minimum absolute atomic E-state index is 0.0724. The van der Waals surface area contributed by atoms with Crippen LogP contribution < -0.4 is 0 Å². The van der Waals surface area contributed by atoms with Gasteiger partial charge in [-0.1, -0.05) is 29.8 Å². The van der Waals surface area contributed by atoms with Crippen LogP contribution in [0.25, 0.3) is 5.69 Å². The lowest BCUT2D eigenvalue weighted by Crippen LogP contribution is -2.48. The second-order valence-corrected chi connectivity index (χ2v) is 7.14. The number of amides is 1. The van der Waals surface area contributed by atoms with Gasteiger partial charge in [0.25, 0.3) is 5.91 Å². The zero-order valence-corrected chi connectivity index (χ0v) is 15.7. The van der Waals surface area contributed by atoms with Crippen LogP contribution in [0, 0.1) is 0 Å². The smallest absolute Gasteiger partial charge is 0.253 e. The number of aromatic nitrogens is 2. The lowest BCUT2D eigenvalue weighted by atomic mass is 10.2. The Morgan fingerprint density at radius 1 is 0.963 bits per heavy atom. The van der Waals surface area contributed by atoms with E-state index in [2.05, 4.69) is 16.2 Å². The quantitative estimate of drug-likeness (QED) is 0.695. The molecule has 5 nitrogen and oxygen atoms in total. The van der Waals surface area contributed by atoms with Gasteiger partial charge in [0, 0.05) is 55.1 Å². The third-order valence-corrected chi connectivity index (χ3v) is 5.07. The number of piperazine rings is 1. The molecule has 1 amide bonds. The monoisotopic (exact) mass is 380 g/mol. The van der Waals surface area contributed by atoms with Gasteiger partial charge in [0.05, 0.1) is 11.9 Å². The minimum atomic E-state index is 0.0724. The summed E-state index contributed by atoms with van der Waals surface area (Å²) < 4.78 is 1.90. The van der Waals surface area contributed by atoms with Gasteiger partial charge in [-0.2, -0.15) is 5.10 Å². The largest absolute Gasteiger partial charge is 0.336 e. The molecule has 2 aromatic carbocycles. The summed E-state index contributed by atoms with van der Waals surface area (Å²) in [4.78, 5) is 16.9. The lowest BCUT2D eigenvalue weighted by molar-refractivity contribution is 0.0628. The van der Waals surface area contributed by atoms with Gasteiger partial charge in [-0.25, -0.2) is 4.68 Å². The summed E-state index contributed by atoms with van der Waals surface area (Å²) in [6.07, 6.45) is 3.98. The molecule has 6 heteroatoms. The third kappa shape index (κ3) is 4.21. The van der Waals surface area contributed by atoms with Crippen molar-refractivity contribution in [2.75, 3.05) is 26.2 Å². The Balaban J connectivity index is 1.33. The van der Waals surface area contributed by atoms with Crippen molar-refractivity contribution < 1.29 is 4.79 Å². The molecule has 138 valence electrons. The zero-order valence-electron chi connectivity index (χ0n) is 15.0. The van der Waals surface area contributed by atoms with Gasteiger partial charge in [0.1, 0.15) is 0 Å². The molecule has 0 atom stereocenters. The van der Waals surface area contributed by atoms with Crippen molar-refractivity contribution in [2.24, 2.45) is 0 Å². The molecule has 1 aliphatic heterocycles. The molecule has 27 heavy (non-hydrogen) atoms. The average molecular weight is 381 g/mol. The van der Waals surface area contributed by atoms with Crippen LogP contribution >= 0.6 is 11.6 Å². The first-order valence-corrected chi connectivity index (χ1v) is 9.43. The molecule has 0 bridgehead atoms. The Kier molecular flexibility index (Phi) is 5.23. The molecule has 0 radical (unpaired) electrons. The van der Waals surface area contributed by atoms with Crippen LogP contribution in [0.4, 0.5) is 0 Å². The molecule has 0 aliphatic carbocycles. The molecule has 4 rings (SSSR count). The van der Waals surface area contributed by atoms with E-state index in [1.54, 1.807) is 24.3 Å². The van der Waals surface area contributed by atoms with E-state index >= 15 is 0 Å². The van der Waals surface area contributed by atoms with Crippen LogP contribution in [0.1, 0.15) is 15.9 Å². The van der Waals surface area contributed by atoms with Crippen molar-refractivity contribution in [3.05, 3.63) is 83.1 Å². The predicted molar refractivity (Wildman–Crippen MR) is 106 cm³/mol. The summed E-state index contributed by atoms with van der Waals surface area (Å²) >= 11 is 5.90. The fraction of sp³-hybridized carbons (Fsp3) is 0.238. The molecule has 0 spiro atoms. The molecule has 1 saturated heterocycles. The Bertz CT molecular complexity index is 899. The van der Waals surface area contributed by atoms with E-state index in [1.807, 2.05) is 46.1 Å². The topological polar surface area (TPSA) is 41.4 Å². The van der Waals surface area contributed by atoms with Crippen LogP contribution in [-0.4, -0.2) is 51.7 Å². The zero-order chi connectivity index (χ0) is 18.6. The van der Waals surface area contributed by atoms with E-state index in [0.717, 1.165) is 38.4 Å². The Hall–Kier alpha value is -2.63. The summed E-state index contributed by atoms with van der Waals surface area (Å²) in [5.74, 6) is 0.0724. The van der Waals surface area contributed by atoms with E-state index in [-0.39, 0.29) is 5.91 Å². The van der Waals surface area contributed by atoms with Crippen molar-refractivity contribution in [2.45, 2.75) is 6.54 Å². The molecule has 0 saturated carbocycles. The predicted octanol–water partition coefficient (Wildman–Crippen LogP) is 3.48. The number of rotatable bonds is 4. The maximum absolute atomic E-state index is 12.6.